The highest BCUT2D eigenvalue weighted by Gasteiger charge is 2.43. The van der Waals surface area contributed by atoms with E-state index in [4.69, 9.17) is 11.6 Å². The van der Waals surface area contributed by atoms with E-state index >= 15 is 0 Å². The van der Waals surface area contributed by atoms with Crippen LogP contribution in [0.1, 0.15) is 32.1 Å². The standard InChI is InChI=1S/C16H21ClN2O5S/c1-19(2)25(23,24)13-9-11(5-6-12(13)17)18-14(20)10-16(15(21)22)7-3-4-8-16/h5-6,9H,3-4,7-8,10H2,1-2H3,(H,18,20)(H,21,22). The van der Waals surface area contributed by atoms with E-state index in [0.717, 1.165) is 17.1 Å². The Morgan fingerprint density at radius 3 is 2.40 bits per heavy atom. The smallest absolute Gasteiger partial charge is 0.310 e. The summed E-state index contributed by atoms with van der Waals surface area (Å²) in [6, 6.07) is 4.14. The first-order valence-electron chi connectivity index (χ1n) is 7.84. The topological polar surface area (TPSA) is 104 Å². The van der Waals surface area contributed by atoms with E-state index in [9.17, 15) is 23.1 Å². The summed E-state index contributed by atoms with van der Waals surface area (Å²) in [7, 11) is -0.993. The largest absolute Gasteiger partial charge is 0.481 e. The van der Waals surface area contributed by atoms with Crippen molar-refractivity contribution in [2.24, 2.45) is 5.41 Å². The molecule has 1 amide bonds. The zero-order valence-electron chi connectivity index (χ0n) is 14.1. The van der Waals surface area contributed by atoms with Gasteiger partial charge in [-0.05, 0) is 31.0 Å². The van der Waals surface area contributed by atoms with Crippen LogP contribution in [0.4, 0.5) is 5.69 Å². The molecule has 1 aromatic rings. The third-order valence-corrected chi connectivity index (χ3v) is 6.78. The summed E-state index contributed by atoms with van der Waals surface area (Å²) >= 11 is 5.97. The Morgan fingerprint density at radius 1 is 1.28 bits per heavy atom. The van der Waals surface area contributed by atoms with Gasteiger partial charge in [0.05, 0.1) is 10.4 Å². The highest BCUT2D eigenvalue weighted by Crippen LogP contribution is 2.41. The van der Waals surface area contributed by atoms with E-state index in [1.165, 1.54) is 32.3 Å². The Balaban J connectivity index is 2.21. The molecule has 0 unspecified atom stereocenters. The van der Waals surface area contributed by atoms with E-state index in [-0.39, 0.29) is 22.0 Å². The molecule has 1 aromatic carbocycles. The number of nitrogens with zero attached hydrogens (tertiary/aromatic N) is 1. The maximum absolute atomic E-state index is 12.3. The van der Waals surface area contributed by atoms with Gasteiger partial charge in [0.2, 0.25) is 15.9 Å². The van der Waals surface area contributed by atoms with E-state index in [1.54, 1.807) is 0 Å². The molecule has 25 heavy (non-hydrogen) atoms. The fourth-order valence-electron chi connectivity index (χ4n) is 3.01. The maximum Gasteiger partial charge on any atom is 0.310 e. The second-order valence-corrected chi connectivity index (χ2v) is 8.98. The number of rotatable bonds is 6. The van der Waals surface area contributed by atoms with Gasteiger partial charge >= 0.3 is 5.97 Å². The van der Waals surface area contributed by atoms with Crippen LogP contribution in [0.15, 0.2) is 23.1 Å². The molecule has 0 aliphatic heterocycles. The fraction of sp³-hybridized carbons (Fsp3) is 0.500. The Kier molecular flexibility index (Phi) is 5.75. The lowest BCUT2D eigenvalue weighted by molar-refractivity contribution is -0.150. The van der Waals surface area contributed by atoms with Crippen LogP contribution in [-0.4, -0.2) is 43.8 Å². The molecular formula is C16H21ClN2O5S. The molecule has 1 aliphatic carbocycles. The number of carbonyl (C=O) groups is 2. The molecular weight excluding hydrogens is 368 g/mol. The van der Waals surface area contributed by atoms with Gasteiger partial charge < -0.3 is 10.4 Å². The number of carbonyl (C=O) groups excluding carboxylic acids is 1. The Bertz CT molecular complexity index is 786. The Labute approximate surface area is 152 Å². The van der Waals surface area contributed by atoms with E-state index in [0.29, 0.717) is 12.8 Å². The number of anilines is 1. The monoisotopic (exact) mass is 388 g/mol. The minimum atomic E-state index is -3.76. The molecule has 1 saturated carbocycles. The first-order chi connectivity index (χ1) is 11.6. The normalized spacial score (nSPS) is 16.8. The molecule has 0 heterocycles. The van der Waals surface area contributed by atoms with Gasteiger partial charge in [-0.2, -0.15) is 0 Å². The van der Waals surface area contributed by atoms with Gasteiger partial charge in [-0.3, -0.25) is 9.59 Å². The zero-order valence-corrected chi connectivity index (χ0v) is 15.7. The maximum atomic E-state index is 12.3. The second-order valence-electron chi connectivity index (χ2n) is 6.45. The molecule has 0 bridgehead atoms. The predicted octanol–water partition coefficient (Wildman–Crippen LogP) is 2.56. The number of sulfonamides is 1. The molecule has 0 atom stereocenters. The summed E-state index contributed by atoms with van der Waals surface area (Å²) < 4.78 is 25.5. The molecule has 0 radical (unpaired) electrons. The van der Waals surface area contributed by atoms with Crippen molar-refractivity contribution >= 4 is 39.2 Å². The molecule has 0 spiro atoms. The Hall–Kier alpha value is -1.64. The predicted molar refractivity (Wildman–Crippen MR) is 94.1 cm³/mol. The summed E-state index contributed by atoms with van der Waals surface area (Å²) in [6.07, 6.45) is 2.37. The molecule has 0 aromatic heterocycles. The fourth-order valence-corrected chi connectivity index (χ4v) is 4.40. The number of hydrogen-bond acceptors (Lipinski definition) is 4. The van der Waals surface area contributed by atoms with Crippen molar-refractivity contribution < 1.29 is 23.1 Å². The number of carboxylic acid groups (broad SMARTS) is 1. The first kappa shape index (κ1) is 19.7. The van der Waals surface area contributed by atoms with Crippen LogP contribution >= 0.6 is 11.6 Å². The molecule has 2 N–H and O–H groups in total. The van der Waals surface area contributed by atoms with Gasteiger partial charge in [0, 0.05) is 26.2 Å². The van der Waals surface area contributed by atoms with Crippen molar-refractivity contribution in [2.75, 3.05) is 19.4 Å². The molecule has 9 heteroatoms. The highest BCUT2D eigenvalue weighted by atomic mass is 35.5. The Morgan fingerprint density at radius 2 is 1.88 bits per heavy atom. The van der Waals surface area contributed by atoms with E-state index < -0.39 is 27.3 Å². The van der Waals surface area contributed by atoms with Crippen LogP contribution in [0.2, 0.25) is 5.02 Å². The third kappa shape index (κ3) is 4.13. The van der Waals surface area contributed by atoms with Crippen molar-refractivity contribution in [3.8, 4) is 0 Å². The number of aliphatic carboxylic acids is 1. The van der Waals surface area contributed by atoms with Crippen LogP contribution in [0.3, 0.4) is 0 Å². The van der Waals surface area contributed by atoms with Gasteiger partial charge in [-0.15, -0.1) is 0 Å². The van der Waals surface area contributed by atoms with E-state index in [1.807, 2.05) is 0 Å². The average molecular weight is 389 g/mol. The lowest BCUT2D eigenvalue weighted by Crippen LogP contribution is -2.32. The van der Waals surface area contributed by atoms with Gasteiger partial charge in [0.25, 0.3) is 0 Å². The lowest BCUT2D eigenvalue weighted by Gasteiger charge is -2.23. The number of nitrogens with one attached hydrogen (secondary N) is 1. The van der Waals surface area contributed by atoms with Crippen molar-refractivity contribution in [3.63, 3.8) is 0 Å². The summed E-state index contributed by atoms with van der Waals surface area (Å²) in [5.74, 6) is -1.42. The number of hydrogen-bond donors (Lipinski definition) is 2. The second kappa shape index (κ2) is 7.31. The molecule has 1 fully saturated rings. The van der Waals surface area contributed by atoms with Gasteiger partial charge in [0.15, 0.2) is 0 Å². The number of benzene rings is 1. The quantitative estimate of drug-likeness (QED) is 0.779. The van der Waals surface area contributed by atoms with Gasteiger partial charge in [-0.25, -0.2) is 12.7 Å². The van der Waals surface area contributed by atoms with Crippen LogP contribution in [0, 0.1) is 5.41 Å². The minimum absolute atomic E-state index is 0.0458. The number of halogens is 1. The van der Waals surface area contributed by atoms with Crippen LogP contribution in [-0.2, 0) is 19.6 Å². The number of carboxylic acids is 1. The van der Waals surface area contributed by atoms with Crippen molar-refractivity contribution in [1.29, 1.82) is 0 Å². The molecule has 1 aliphatic rings. The van der Waals surface area contributed by atoms with Crippen molar-refractivity contribution in [2.45, 2.75) is 37.0 Å². The zero-order chi connectivity index (χ0) is 18.8. The lowest BCUT2D eigenvalue weighted by atomic mass is 9.82. The van der Waals surface area contributed by atoms with Crippen molar-refractivity contribution in [1.82, 2.24) is 4.31 Å². The van der Waals surface area contributed by atoms with Gasteiger partial charge in [0.1, 0.15) is 4.90 Å². The summed E-state index contributed by atoms with van der Waals surface area (Å²) in [6.45, 7) is 0. The minimum Gasteiger partial charge on any atom is -0.481 e. The van der Waals surface area contributed by atoms with Crippen LogP contribution in [0.25, 0.3) is 0 Å². The highest BCUT2D eigenvalue weighted by molar-refractivity contribution is 7.89. The summed E-state index contributed by atoms with van der Waals surface area (Å²) in [5.41, 5.74) is -0.775. The van der Waals surface area contributed by atoms with Crippen molar-refractivity contribution in [3.05, 3.63) is 23.2 Å². The average Bonchev–Trinajstić information content (AvgIpc) is 2.98. The summed E-state index contributed by atoms with van der Waals surface area (Å²) in [4.78, 5) is 23.7. The molecule has 0 saturated heterocycles. The first-order valence-corrected chi connectivity index (χ1v) is 9.66. The van der Waals surface area contributed by atoms with Crippen LogP contribution in [0.5, 0.6) is 0 Å². The number of amides is 1. The van der Waals surface area contributed by atoms with Crippen LogP contribution < -0.4 is 5.32 Å². The molecule has 7 nitrogen and oxygen atoms in total. The SMILES string of the molecule is CN(C)S(=O)(=O)c1cc(NC(=O)CC2(C(=O)O)CCCC2)ccc1Cl. The molecule has 138 valence electrons. The molecule has 2 rings (SSSR count). The summed E-state index contributed by atoms with van der Waals surface area (Å²) in [5, 5.41) is 12.1. The third-order valence-electron chi connectivity index (χ3n) is 4.49. The van der Waals surface area contributed by atoms with Gasteiger partial charge in [-0.1, -0.05) is 24.4 Å². The van der Waals surface area contributed by atoms with E-state index in [2.05, 4.69) is 5.32 Å².